The van der Waals surface area contributed by atoms with Gasteiger partial charge in [0.25, 0.3) is 0 Å². The molecule has 0 radical (unpaired) electrons. The Bertz CT molecular complexity index is 1250. The molecule has 1 atom stereocenters. The zero-order chi connectivity index (χ0) is 22.1. The third kappa shape index (κ3) is 4.10. The third-order valence-electron chi connectivity index (χ3n) is 6.14. The molecule has 0 bridgehead atoms. The van der Waals surface area contributed by atoms with E-state index in [1.807, 2.05) is 30.0 Å². The highest BCUT2D eigenvalue weighted by Gasteiger charge is 2.27. The highest BCUT2D eigenvalue weighted by Crippen LogP contribution is 2.28. The van der Waals surface area contributed by atoms with Gasteiger partial charge in [0.1, 0.15) is 0 Å². The Morgan fingerprint density at radius 1 is 1.00 bits per heavy atom. The van der Waals surface area contributed by atoms with E-state index in [0.717, 1.165) is 49.0 Å². The fourth-order valence-corrected chi connectivity index (χ4v) is 5.34. The van der Waals surface area contributed by atoms with E-state index in [9.17, 15) is 4.79 Å². The summed E-state index contributed by atoms with van der Waals surface area (Å²) in [5, 5.41) is 10.5. The summed E-state index contributed by atoms with van der Waals surface area (Å²) in [4.78, 5) is 17.6. The minimum Gasteiger partial charge on any atom is -0.339 e. The van der Waals surface area contributed by atoms with Crippen LogP contribution in [0, 0.1) is 6.92 Å². The van der Waals surface area contributed by atoms with E-state index in [4.69, 9.17) is 0 Å². The van der Waals surface area contributed by atoms with E-state index < -0.39 is 0 Å². The molecular formula is C25H27N5OS. The van der Waals surface area contributed by atoms with Gasteiger partial charge >= 0.3 is 0 Å². The summed E-state index contributed by atoms with van der Waals surface area (Å²) in [5.41, 5.74) is 4.38. The van der Waals surface area contributed by atoms with Crippen molar-refractivity contribution in [3.63, 3.8) is 0 Å². The van der Waals surface area contributed by atoms with E-state index >= 15 is 0 Å². The third-order valence-corrected chi connectivity index (χ3v) is 7.17. The van der Waals surface area contributed by atoms with Crippen LogP contribution in [0.25, 0.3) is 16.6 Å². The maximum absolute atomic E-state index is 13.2. The summed E-state index contributed by atoms with van der Waals surface area (Å²) >= 11 is 1.49. The van der Waals surface area contributed by atoms with E-state index in [2.05, 4.69) is 68.9 Å². The molecule has 32 heavy (non-hydrogen) atoms. The molecule has 7 heteroatoms. The van der Waals surface area contributed by atoms with Gasteiger partial charge in [-0.3, -0.25) is 14.1 Å². The first-order valence-corrected chi connectivity index (χ1v) is 11.9. The molecule has 1 fully saturated rings. The molecule has 1 saturated heterocycles. The first-order chi connectivity index (χ1) is 15.6. The molecule has 0 spiro atoms. The molecule has 0 N–H and O–H groups in total. The Labute approximate surface area is 192 Å². The minimum absolute atomic E-state index is 0.169. The number of benzene rings is 2. The van der Waals surface area contributed by atoms with Crippen LogP contribution in [0.4, 0.5) is 0 Å². The average Bonchev–Trinajstić information content (AvgIpc) is 3.22. The highest BCUT2D eigenvalue weighted by molar-refractivity contribution is 8.00. The van der Waals surface area contributed by atoms with E-state index in [1.165, 1.54) is 28.3 Å². The number of thioether (sulfide) groups is 1. The SMILES string of the molecule is Cc1cc2nnc(S[C@H](C)C(=O)N3CCN(Cc4ccccc4)CC3)n2c2ccccc12. The monoisotopic (exact) mass is 445 g/mol. The van der Waals surface area contributed by atoms with Crippen LogP contribution in [0.5, 0.6) is 0 Å². The number of rotatable bonds is 5. The van der Waals surface area contributed by atoms with Gasteiger partial charge in [-0.1, -0.05) is 60.3 Å². The number of aryl methyl sites for hydroxylation is 1. The zero-order valence-corrected chi connectivity index (χ0v) is 19.3. The predicted molar refractivity (Wildman–Crippen MR) is 129 cm³/mol. The summed E-state index contributed by atoms with van der Waals surface area (Å²) in [6.07, 6.45) is 0. The molecule has 0 aliphatic carbocycles. The van der Waals surface area contributed by atoms with Gasteiger partial charge < -0.3 is 4.90 Å². The van der Waals surface area contributed by atoms with Gasteiger partial charge in [-0.05, 0) is 37.1 Å². The van der Waals surface area contributed by atoms with Gasteiger partial charge in [0.05, 0.1) is 10.8 Å². The minimum atomic E-state index is -0.219. The summed E-state index contributed by atoms with van der Waals surface area (Å²) in [6.45, 7) is 8.32. The second kappa shape index (κ2) is 8.92. The van der Waals surface area contributed by atoms with Crippen LogP contribution < -0.4 is 0 Å². The lowest BCUT2D eigenvalue weighted by Gasteiger charge is -2.35. The molecule has 0 saturated carbocycles. The molecule has 2 aromatic carbocycles. The molecule has 1 aliphatic heterocycles. The fraction of sp³-hybridized carbons (Fsp3) is 0.320. The van der Waals surface area contributed by atoms with Crippen molar-refractivity contribution in [2.24, 2.45) is 0 Å². The Balaban J connectivity index is 1.27. The average molecular weight is 446 g/mol. The molecule has 5 rings (SSSR count). The highest BCUT2D eigenvalue weighted by atomic mass is 32.2. The van der Waals surface area contributed by atoms with Crippen molar-refractivity contribution in [1.29, 1.82) is 0 Å². The van der Waals surface area contributed by atoms with Crippen molar-refractivity contribution in [2.75, 3.05) is 26.2 Å². The van der Waals surface area contributed by atoms with Crippen molar-refractivity contribution >= 4 is 34.2 Å². The van der Waals surface area contributed by atoms with Crippen LogP contribution in [-0.4, -0.2) is 61.7 Å². The van der Waals surface area contributed by atoms with Crippen LogP contribution in [0.3, 0.4) is 0 Å². The van der Waals surface area contributed by atoms with Crippen molar-refractivity contribution in [3.05, 3.63) is 71.8 Å². The van der Waals surface area contributed by atoms with Gasteiger partial charge in [0, 0.05) is 38.1 Å². The van der Waals surface area contributed by atoms with Gasteiger partial charge in [-0.25, -0.2) is 0 Å². The molecule has 3 heterocycles. The number of aromatic nitrogens is 3. The second-order valence-corrected chi connectivity index (χ2v) is 9.68. The number of amides is 1. The topological polar surface area (TPSA) is 53.7 Å². The number of piperazine rings is 1. The van der Waals surface area contributed by atoms with Crippen molar-refractivity contribution < 1.29 is 4.79 Å². The van der Waals surface area contributed by atoms with Crippen molar-refractivity contribution in [3.8, 4) is 0 Å². The summed E-state index contributed by atoms with van der Waals surface area (Å²) in [6, 6.07) is 20.8. The first kappa shape index (κ1) is 21.0. The number of hydrogen-bond donors (Lipinski definition) is 0. The van der Waals surface area contributed by atoms with Crippen LogP contribution >= 0.6 is 11.8 Å². The maximum Gasteiger partial charge on any atom is 0.235 e. The van der Waals surface area contributed by atoms with E-state index in [-0.39, 0.29) is 11.2 Å². The number of hydrogen-bond acceptors (Lipinski definition) is 5. The number of para-hydroxylation sites is 1. The quantitative estimate of drug-likeness (QED) is 0.435. The van der Waals surface area contributed by atoms with E-state index in [0.29, 0.717) is 0 Å². The lowest BCUT2D eigenvalue weighted by molar-refractivity contribution is -0.132. The van der Waals surface area contributed by atoms with Crippen LogP contribution in [-0.2, 0) is 11.3 Å². The predicted octanol–water partition coefficient (Wildman–Crippen LogP) is 4.02. The Kier molecular flexibility index (Phi) is 5.85. The first-order valence-electron chi connectivity index (χ1n) is 11.1. The fourth-order valence-electron chi connectivity index (χ4n) is 4.38. The van der Waals surface area contributed by atoms with E-state index in [1.54, 1.807) is 0 Å². The second-order valence-electron chi connectivity index (χ2n) is 8.37. The van der Waals surface area contributed by atoms with Gasteiger partial charge in [0.2, 0.25) is 5.91 Å². The van der Waals surface area contributed by atoms with Crippen LogP contribution in [0.15, 0.2) is 65.8 Å². The Morgan fingerprint density at radius 2 is 1.72 bits per heavy atom. The number of fused-ring (bicyclic) bond motifs is 3. The molecule has 1 aliphatic rings. The smallest absolute Gasteiger partial charge is 0.235 e. The van der Waals surface area contributed by atoms with Gasteiger partial charge in [0.15, 0.2) is 10.8 Å². The van der Waals surface area contributed by atoms with Crippen molar-refractivity contribution in [2.45, 2.75) is 30.8 Å². The Hall–Kier alpha value is -2.90. The standard InChI is InChI=1S/C25H27N5OS/c1-18-16-23-26-27-25(30(23)22-11-7-6-10-21(18)22)32-19(2)24(31)29-14-12-28(13-15-29)17-20-8-4-3-5-9-20/h3-11,16,19H,12-15,17H2,1-2H3/t19-/m1/s1. The molecular weight excluding hydrogens is 418 g/mol. The lowest BCUT2D eigenvalue weighted by Crippen LogP contribution is -2.50. The number of carbonyl (C=O) groups excluding carboxylic acids is 1. The lowest BCUT2D eigenvalue weighted by atomic mass is 10.1. The Morgan fingerprint density at radius 3 is 2.50 bits per heavy atom. The molecule has 6 nitrogen and oxygen atoms in total. The number of pyridine rings is 1. The summed E-state index contributed by atoms with van der Waals surface area (Å²) in [7, 11) is 0. The number of carbonyl (C=O) groups is 1. The molecule has 4 aromatic rings. The summed E-state index contributed by atoms with van der Waals surface area (Å²) in [5.74, 6) is 0.169. The molecule has 1 amide bonds. The summed E-state index contributed by atoms with van der Waals surface area (Å²) < 4.78 is 2.06. The normalized spacial score (nSPS) is 16.0. The largest absolute Gasteiger partial charge is 0.339 e. The molecule has 2 aromatic heterocycles. The van der Waals surface area contributed by atoms with Crippen molar-refractivity contribution in [1.82, 2.24) is 24.4 Å². The zero-order valence-electron chi connectivity index (χ0n) is 18.4. The van der Waals surface area contributed by atoms with Crippen LogP contribution in [0.1, 0.15) is 18.1 Å². The number of nitrogens with zero attached hydrogens (tertiary/aromatic N) is 5. The van der Waals surface area contributed by atoms with Gasteiger partial charge in [-0.2, -0.15) is 0 Å². The van der Waals surface area contributed by atoms with Crippen LogP contribution in [0.2, 0.25) is 0 Å². The van der Waals surface area contributed by atoms with Gasteiger partial charge in [-0.15, -0.1) is 10.2 Å². The molecule has 164 valence electrons. The molecule has 0 unspecified atom stereocenters. The maximum atomic E-state index is 13.2.